The molecule has 0 aliphatic carbocycles. The van der Waals surface area contributed by atoms with Crippen LogP contribution in [0.25, 0.3) is 0 Å². The molecule has 1 aromatic heterocycles. The first-order valence-corrected chi connectivity index (χ1v) is 10.0. The van der Waals surface area contributed by atoms with E-state index in [1.165, 1.54) is 36.5 Å². The molecule has 0 saturated carbocycles. The number of halogens is 1. The summed E-state index contributed by atoms with van der Waals surface area (Å²) >= 11 is 6.29. The van der Waals surface area contributed by atoms with Crippen LogP contribution >= 0.6 is 11.6 Å². The van der Waals surface area contributed by atoms with Crippen LogP contribution in [0.2, 0.25) is 5.02 Å². The fourth-order valence-electron chi connectivity index (χ4n) is 3.37. The number of carbonyl (C=O) groups is 1. The first-order chi connectivity index (χ1) is 14.4. The van der Waals surface area contributed by atoms with Crippen molar-refractivity contribution in [3.63, 3.8) is 0 Å². The van der Waals surface area contributed by atoms with Crippen molar-refractivity contribution in [3.8, 4) is 0 Å². The Hall–Kier alpha value is -2.75. The van der Waals surface area contributed by atoms with E-state index >= 15 is 0 Å². The number of nitrogens with one attached hydrogen (secondary N) is 1. The number of hydrogen-bond acceptors (Lipinski definition) is 7. The summed E-state index contributed by atoms with van der Waals surface area (Å²) < 4.78 is 0. The van der Waals surface area contributed by atoms with E-state index in [1.54, 1.807) is 4.90 Å². The number of aliphatic hydroxyl groups excluding tert-OH is 2. The number of benzene rings is 1. The first kappa shape index (κ1) is 21.9. The molecule has 1 aliphatic rings. The van der Waals surface area contributed by atoms with Gasteiger partial charge in [-0.3, -0.25) is 14.9 Å². The number of aromatic nitrogens is 1. The van der Waals surface area contributed by atoms with Gasteiger partial charge in [0.1, 0.15) is 11.9 Å². The summed E-state index contributed by atoms with van der Waals surface area (Å²) in [5.41, 5.74) is 0.669. The van der Waals surface area contributed by atoms with E-state index in [9.17, 15) is 25.1 Å². The van der Waals surface area contributed by atoms with E-state index in [2.05, 4.69) is 10.3 Å². The number of pyridine rings is 1. The molecule has 0 radical (unpaired) electrons. The van der Waals surface area contributed by atoms with Gasteiger partial charge in [0, 0.05) is 31.4 Å². The molecule has 1 aliphatic heterocycles. The number of nitrogens with zero attached hydrogens (tertiary/aromatic N) is 3. The van der Waals surface area contributed by atoms with Crippen LogP contribution in [-0.4, -0.2) is 56.7 Å². The third kappa shape index (κ3) is 5.05. The molecule has 3 rings (SSSR count). The second-order valence-electron chi connectivity index (χ2n) is 7.13. The van der Waals surface area contributed by atoms with Crippen LogP contribution < -0.4 is 5.32 Å². The molecule has 10 heteroatoms. The molecule has 30 heavy (non-hydrogen) atoms. The Labute approximate surface area is 178 Å². The van der Waals surface area contributed by atoms with Gasteiger partial charge in [0.15, 0.2) is 0 Å². The SMILES string of the molecule is O=C(c1cnc(NC(CO)C(O)c2ccc([N+](=O)[O-])cc2)c(Cl)c1)N1CCCCC1. The van der Waals surface area contributed by atoms with Crippen LogP contribution in [0.5, 0.6) is 0 Å². The molecule has 1 amide bonds. The van der Waals surface area contributed by atoms with E-state index in [-0.39, 0.29) is 22.4 Å². The molecule has 1 fully saturated rings. The lowest BCUT2D eigenvalue weighted by Gasteiger charge is -2.27. The summed E-state index contributed by atoms with van der Waals surface area (Å²) in [4.78, 5) is 28.8. The van der Waals surface area contributed by atoms with Crippen LogP contribution in [0.4, 0.5) is 11.5 Å². The largest absolute Gasteiger partial charge is 0.394 e. The van der Waals surface area contributed by atoms with Gasteiger partial charge in [-0.2, -0.15) is 0 Å². The summed E-state index contributed by atoms with van der Waals surface area (Å²) in [7, 11) is 0. The number of carbonyl (C=O) groups excluding carboxylic acids is 1. The minimum Gasteiger partial charge on any atom is -0.394 e. The second-order valence-corrected chi connectivity index (χ2v) is 7.54. The number of non-ortho nitro benzene ring substituents is 1. The molecule has 3 N–H and O–H groups in total. The van der Waals surface area contributed by atoms with Crippen molar-refractivity contribution >= 4 is 29.0 Å². The van der Waals surface area contributed by atoms with Crippen LogP contribution in [0.3, 0.4) is 0 Å². The van der Waals surface area contributed by atoms with E-state index in [0.717, 1.165) is 19.3 Å². The predicted octanol–water partition coefficient (Wildman–Crippen LogP) is 2.78. The summed E-state index contributed by atoms with van der Waals surface area (Å²) in [6.07, 6.45) is 3.32. The van der Waals surface area contributed by atoms with Crippen molar-refractivity contribution in [1.82, 2.24) is 9.88 Å². The highest BCUT2D eigenvalue weighted by atomic mass is 35.5. The maximum Gasteiger partial charge on any atom is 0.269 e. The van der Waals surface area contributed by atoms with Gasteiger partial charge in [-0.1, -0.05) is 11.6 Å². The maximum absolute atomic E-state index is 12.6. The van der Waals surface area contributed by atoms with E-state index < -0.39 is 23.7 Å². The highest BCUT2D eigenvalue weighted by Gasteiger charge is 2.24. The van der Waals surface area contributed by atoms with Gasteiger partial charge < -0.3 is 20.4 Å². The van der Waals surface area contributed by atoms with Crippen molar-refractivity contribution in [2.45, 2.75) is 31.4 Å². The van der Waals surface area contributed by atoms with Crippen molar-refractivity contribution in [3.05, 3.63) is 62.8 Å². The summed E-state index contributed by atoms with van der Waals surface area (Å²) in [6.45, 7) is 0.986. The number of rotatable bonds is 7. The lowest BCUT2D eigenvalue weighted by Crippen LogP contribution is -2.35. The second kappa shape index (κ2) is 9.84. The number of aliphatic hydroxyl groups is 2. The maximum atomic E-state index is 12.6. The number of nitro benzene ring substituents is 1. The van der Waals surface area contributed by atoms with Crippen molar-refractivity contribution in [2.75, 3.05) is 25.0 Å². The van der Waals surface area contributed by atoms with Gasteiger partial charge in [0.05, 0.1) is 28.2 Å². The van der Waals surface area contributed by atoms with Gasteiger partial charge in [-0.25, -0.2) is 4.98 Å². The lowest BCUT2D eigenvalue weighted by molar-refractivity contribution is -0.384. The molecule has 2 heterocycles. The minimum atomic E-state index is -1.16. The smallest absolute Gasteiger partial charge is 0.269 e. The molecular formula is C20H23ClN4O5. The van der Waals surface area contributed by atoms with Gasteiger partial charge in [-0.05, 0) is 43.0 Å². The van der Waals surface area contributed by atoms with Crippen LogP contribution in [0.1, 0.15) is 41.3 Å². The first-order valence-electron chi connectivity index (χ1n) is 9.65. The molecule has 2 atom stereocenters. The van der Waals surface area contributed by atoms with Crippen LogP contribution in [0, 0.1) is 10.1 Å². The highest BCUT2D eigenvalue weighted by molar-refractivity contribution is 6.33. The number of nitro groups is 1. The Morgan fingerprint density at radius 1 is 1.27 bits per heavy atom. The fraction of sp³-hybridized carbons (Fsp3) is 0.400. The Bertz CT molecular complexity index is 903. The Kier molecular flexibility index (Phi) is 7.20. The van der Waals surface area contributed by atoms with Gasteiger partial charge in [-0.15, -0.1) is 0 Å². The van der Waals surface area contributed by atoms with E-state index in [0.29, 0.717) is 24.2 Å². The summed E-state index contributed by atoms with van der Waals surface area (Å²) in [5.74, 6) is 0.0899. The van der Waals surface area contributed by atoms with Crippen molar-refractivity contribution in [2.24, 2.45) is 0 Å². The average Bonchev–Trinajstić information content (AvgIpc) is 2.78. The fourth-order valence-corrected chi connectivity index (χ4v) is 3.59. The highest BCUT2D eigenvalue weighted by Crippen LogP contribution is 2.26. The van der Waals surface area contributed by atoms with Gasteiger partial charge >= 0.3 is 0 Å². The Balaban J connectivity index is 1.71. The predicted molar refractivity (Wildman–Crippen MR) is 112 cm³/mol. The molecule has 2 unspecified atom stereocenters. The number of hydrogen-bond donors (Lipinski definition) is 3. The van der Waals surface area contributed by atoms with E-state index in [4.69, 9.17) is 11.6 Å². The third-order valence-corrected chi connectivity index (χ3v) is 5.36. The topological polar surface area (TPSA) is 129 Å². The Morgan fingerprint density at radius 2 is 1.93 bits per heavy atom. The molecule has 9 nitrogen and oxygen atoms in total. The van der Waals surface area contributed by atoms with E-state index in [1.807, 2.05) is 0 Å². The molecule has 0 spiro atoms. The molecule has 1 aromatic carbocycles. The average molecular weight is 435 g/mol. The van der Waals surface area contributed by atoms with Gasteiger partial charge in [0.2, 0.25) is 0 Å². The Morgan fingerprint density at radius 3 is 2.50 bits per heavy atom. The number of likely N-dealkylation sites (tertiary alicyclic amines) is 1. The quantitative estimate of drug-likeness (QED) is 0.451. The normalized spacial score (nSPS) is 16.0. The number of anilines is 1. The van der Waals surface area contributed by atoms with Gasteiger partial charge in [0.25, 0.3) is 11.6 Å². The zero-order chi connectivity index (χ0) is 21.7. The molecule has 160 valence electrons. The number of amides is 1. The van der Waals surface area contributed by atoms with Crippen LogP contribution in [0.15, 0.2) is 36.5 Å². The van der Waals surface area contributed by atoms with Crippen molar-refractivity contribution in [1.29, 1.82) is 0 Å². The molecular weight excluding hydrogens is 412 g/mol. The molecule has 2 aromatic rings. The lowest BCUT2D eigenvalue weighted by atomic mass is 10.0. The third-order valence-electron chi connectivity index (χ3n) is 5.08. The standard InChI is InChI=1S/C20H23ClN4O5/c21-16-10-14(20(28)24-8-2-1-3-9-24)11-22-19(16)23-17(12-26)18(27)13-4-6-15(7-5-13)25(29)30/h4-7,10-11,17-18,26-27H,1-3,8-9,12H2,(H,22,23). The minimum absolute atomic E-state index is 0.0990. The summed E-state index contributed by atoms with van der Waals surface area (Å²) in [6, 6.07) is 6.05. The van der Waals surface area contributed by atoms with Crippen molar-refractivity contribution < 1.29 is 19.9 Å². The molecule has 0 bridgehead atoms. The zero-order valence-corrected chi connectivity index (χ0v) is 17.0. The zero-order valence-electron chi connectivity index (χ0n) is 16.2. The summed E-state index contributed by atoms with van der Waals surface area (Å²) in [5, 5.41) is 34.1. The monoisotopic (exact) mass is 434 g/mol. The molecule has 1 saturated heterocycles. The number of piperidine rings is 1. The van der Waals surface area contributed by atoms with Crippen LogP contribution in [-0.2, 0) is 0 Å².